The Labute approximate surface area is 72.9 Å². The Morgan fingerprint density at radius 3 is 2.73 bits per heavy atom. The Hall–Kier alpha value is -0.280. The summed E-state index contributed by atoms with van der Waals surface area (Å²) in [6.45, 7) is 0.944. The number of methoxy groups -OCH3 is 1. The van der Waals surface area contributed by atoms with Crippen LogP contribution in [0, 0.1) is 0 Å². The number of piperidine rings is 1. The van der Waals surface area contributed by atoms with Crippen molar-refractivity contribution in [3.8, 4) is 0 Å². The van der Waals surface area contributed by atoms with Gasteiger partial charge in [-0.05, 0) is 19.4 Å². The standard InChI is InChI=1S/C7H13NO2.ClH/c1-10-7(9)6-4-2-3-5-8-6;/h6,8H,2-5H2,1H3;1H. The van der Waals surface area contributed by atoms with E-state index in [0.29, 0.717) is 0 Å². The molecule has 1 saturated heterocycles. The summed E-state index contributed by atoms with van der Waals surface area (Å²) in [5, 5.41) is 3.10. The van der Waals surface area contributed by atoms with E-state index in [1.165, 1.54) is 13.5 Å². The molecule has 11 heavy (non-hydrogen) atoms. The summed E-state index contributed by atoms with van der Waals surface area (Å²) < 4.78 is 4.59. The predicted octanol–water partition coefficient (Wildman–Crippen LogP) is 0.723. The zero-order valence-corrected chi connectivity index (χ0v) is 7.45. The van der Waals surface area contributed by atoms with Gasteiger partial charge >= 0.3 is 5.97 Å². The van der Waals surface area contributed by atoms with Crippen molar-refractivity contribution in [1.29, 1.82) is 0 Å². The van der Waals surface area contributed by atoms with E-state index in [-0.39, 0.29) is 24.4 Å². The number of carbonyl (C=O) groups excluding carboxylic acids is 1. The Bertz CT molecular complexity index is 124. The van der Waals surface area contributed by atoms with Crippen molar-refractivity contribution in [2.45, 2.75) is 25.3 Å². The molecule has 0 aromatic heterocycles. The SMILES string of the molecule is COC(=O)C1CCCCN1.Cl. The third-order valence-electron chi connectivity index (χ3n) is 1.80. The molecule has 0 saturated carbocycles. The maximum atomic E-state index is 10.9. The molecule has 1 N–H and O–H groups in total. The molecule has 0 aromatic rings. The fourth-order valence-electron chi connectivity index (χ4n) is 1.20. The van der Waals surface area contributed by atoms with Crippen LogP contribution in [0.1, 0.15) is 19.3 Å². The summed E-state index contributed by atoms with van der Waals surface area (Å²) >= 11 is 0. The Morgan fingerprint density at radius 1 is 1.55 bits per heavy atom. The van der Waals surface area contributed by atoms with Crippen LogP contribution >= 0.6 is 12.4 Å². The van der Waals surface area contributed by atoms with Gasteiger partial charge in [-0.25, -0.2) is 0 Å². The van der Waals surface area contributed by atoms with Crippen LogP contribution < -0.4 is 5.32 Å². The van der Waals surface area contributed by atoms with E-state index in [1.807, 2.05) is 0 Å². The highest BCUT2D eigenvalue weighted by atomic mass is 35.5. The largest absolute Gasteiger partial charge is 0.468 e. The molecule has 1 fully saturated rings. The maximum Gasteiger partial charge on any atom is 0.322 e. The van der Waals surface area contributed by atoms with E-state index < -0.39 is 0 Å². The maximum absolute atomic E-state index is 10.9. The van der Waals surface area contributed by atoms with Crippen molar-refractivity contribution >= 4 is 18.4 Å². The van der Waals surface area contributed by atoms with Crippen LogP contribution in [0.15, 0.2) is 0 Å². The van der Waals surface area contributed by atoms with Crippen LogP contribution in [0.4, 0.5) is 0 Å². The molecule has 4 heteroatoms. The number of carbonyl (C=O) groups is 1. The number of hydrogen-bond donors (Lipinski definition) is 1. The summed E-state index contributed by atoms with van der Waals surface area (Å²) in [7, 11) is 1.43. The summed E-state index contributed by atoms with van der Waals surface area (Å²) in [6.07, 6.45) is 3.23. The lowest BCUT2D eigenvalue weighted by Gasteiger charge is -2.20. The van der Waals surface area contributed by atoms with Crippen LogP contribution in [0.2, 0.25) is 0 Å². The molecule has 66 valence electrons. The fraction of sp³-hybridized carbons (Fsp3) is 0.857. The molecule has 0 aliphatic carbocycles. The van der Waals surface area contributed by atoms with E-state index >= 15 is 0 Å². The van der Waals surface area contributed by atoms with Crippen LogP contribution in [0.25, 0.3) is 0 Å². The van der Waals surface area contributed by atoms with E-state index in [2.05, 4.69) is 10.1 Å². The highest BCUT2D eigenvalue weighted by Crippen LogP contribution is 2.07. The minimum absolute atomic E-state index is 0. The third-order valence-corrected chi connectivity index (χ3v) is 1.80. The molecular weight excluding hydrogens is 166 g/mol. The zero-order valence-electron chi connectivity index (χ0n) is 6.63. The normalized spacial score (nSPS) is 23.5. The van der Waals surface area contributed by atoms with Crippen molar-refractivity contribution < 1.29 is 9.53 Å². The van der Waals surface area contributed by atoms with Gasteiger partial charge in [-0.3, -0.25) is 4.79 Å². The molecule has 3 nitrogen and oxygen atoms in total. The quantitative estimate of drug-likeness (QED) is 0.603. The Morgan fingerprint density at radius 2 is 2.27 bits per heavy atom. The monoisotopic (exact) mass is 179 g/mol. The molecule has 1 unspecified atom stereocenters. The molecule has 0 amide bonds. The minimum atomic E-state index is -0.125. The molecule has 1 atom stereocenters. The molecule has 0 spiro atoms. The summed E-state index contributed by atoms with van der Waals surface area (Å²) in [5.74, 6) is -0.125. The number of halogens is 1. The van der Waals surface area contributed by atoms with Gasteiger partial charge in [0.2, 0.25) is 0 Å². The summed E-state index contributed by atoms with van der Waals surface area (Å²) in [5.41, 5.74) is 0. The number of ether oxygens (including phenoxy) is 1. The number of nitrogens with one attached hydrogen (secondary N) is 1. The minimum Gasteiger partial charge on any atom is -0.468 e. The molecule has 0 aromatic carbocycles. The average Bonchev–Trinajstić information content (AvgIpc) is 2.05. The summed E-state index contributed by atoms with van der Waals surface area (Å²) in [4.78, 5) is 10.9. The van der Waals surface area contributed by atoms with Crippen molar-refractivity contribution in [2.24, 2.45) is 0 Å². The van der Waals surface area contributed by atoms with Gasteiger partial charge in [0.05, 0.1) is 7.11 Å². The third kappa shape index (κ3) is 3.08. The lowest BCUT2D eigenvalue weighted by atomic mass is 10.1. The first-order chi connectivity index (χ1) is 4.84. The second-order valence-electron chi connectivity index (χ2n) is 2.53. The van der Waals surface area contributed by atoms with E-state index in [4.69, 9.17) is 0 Å². The van der Waals surface area contributed by atoms with Crippen LogP contribution in [0.5, 0.6) is 0 Å². The number of rotatable bonds is 1. The highest BCUT2D eigenvalue weighted by molar-refractivity contribution is 5.85. The van der Waals surface area contributed by atoms with Gasteiger partial charge < -0.3 is 10.1 Å². The topological polar surface area (TPSA) is 38.3 Å². The van der Waals surface area contributed by atoms with Gasteiger partial charge in [-0.15, -0.1) is 12.4 Å². The lowest BCUT2D eigenvalue weighted by Crippen LogP contribution is -2.40. The first kappa shape index (κ1) is 10.7. The average molecular weight is 180 g/mol. The lowest BCUT2D eigenvalue weighted by molar-refractivity contribution is -0.143. The van der Waals surface area contributed by atoms with Gasteiger partial charge in [-0.1, -0.05) is 6.42 Å². The van der Waals surface area contributed by atoms with Gasteiger partial charge in [0.25, 0.3) is 0 Å². The number of hydrogen-bond acceptors (Lipinski definition) is 3. The molecule has 1 aliphatic heterocycles. The van der Waals surface area contributed by atoms with E-state index in [0.717, 1.165) is 19.4 Å². The second kappa shape index (κ2) is 5.38. The first-order valence-electron chi connectivity index (χ1n) is 3.66. The van der Waals surface area contributed by atoms with E-state index in [9.17, 15) is 4.79 Å². The molecular formula is C7H14ClNO2. The van der Waals surface area contributed by atoms with Crippen LogP contribution in [0.3, 0.4) is 0 Å². The van der Waals surface area contributed by atoms with Crippen molar-refractivity contribution in [3.05, 3.63) is 0 Å². The Balaban J connectivity index is 0.000001000. The second-order valence-corrected chi connectivity index (χ2v) is 2.53. The fourth-order valence-corrected chi connectivity index (χ4v) is 1.20. The Kier molecular flexibility index (Phi) is 5.24. The predicted molar refractivity (Wildman–Crippen MR) is 44.9 cm³/mol. The van der Waals surface area contributed by atoms with E-state index in [1.54, 1.807) is 0 Å². The van der Waals surface area contributed by atoms with Gasteiger partial charge in [-0.2, -0.15) is 0 Å². The summed E-state index contributed by atoms with van der Waals surface area (Å²) in [6, 6.07) is -0.0428. The molecule has 1 aliphatic rings. The van der Waals surface area contributed by atoms with Crippen molar-refractivity contribution in [2.75, 3.05) is 13.7 Å². The smallest absolute Gasteiger partial charge is 0.322 e. The first-order valence-corrected chi connectivity index (χ1v) is 3.66. The van der Waals surface area contributed by atoms with Gasteiger partial charge in [0.15, 0.2) is 0 Å². The van der Waals surface area contributed by atoms with Gasteiger partial charge in [0.1, 0.15) is 6.04 Å². The van der Waals surface area contributed by atoms with Crippen LogP contribution in [-0.4, -0.2) is 25.7 Å². The van der Waals surface area contributed by atoms with Crippen molar-refractivity contribution in [3.63, 3.8) is 0 Å². The highest BCUT2D eigenvalue weighted by Gasteiger charge is 2.20. The molecule has 0 bridgehead atoms. The van der Waals surface area contributed by atoms with Gasteiger partial charge in [0, 0.05) is 0 Å². The number of esters is 1. The van der Waals surface area contributed by atoms with Crippen molar-refractivity contribution in [1.82, 2.24) is 5.32 Å². The molecule has 1 heterocycles. The molecule has 0 radical (unpaired) electrons. The molecule has 1 rings (SSSR count). The zero-order chi connectivity index (χ0) is 7.40. The van der Waals surface area contributed by atoms with Crippen LogP contribution in [-0.2, 0) is 9.53 Å².